The maximum Gasteiger partial charge on any atom is 0.114 e. The molecule has 20 heavy (non-hydrogen) atoms. The average Bonchev–Trinajstić information content (AvgIpc) is 2.51. The Morgan fingerprint density at radius 2 is 2.00 bits per heavy atom. The molecule has 1 heterocycles. The van der Waals surface area contributed by atoms with Gasteiger partial charge in [-0.3, -0.25) is 4.98 Å². The summed E-state index contributed by atoms with van der Waals surface area (Å²) in [7, 11) is 0. The van der Waals surface area contributed by atoms with Gasteiger partial charge in [-0.1, -0.05) is 46.1 Å². The van der Waals surface area contributed by atoms with Crippen molar-refractivity contribution in [1.29, 1.82) is 0 Å². The highest BCUT2D eigenvalue weighted by atomic mass is 16.5. The highest BCUT2D eigenvalue weighted by Crippen LogP contribution is 2.23. The number of nitrogens with zero attached hydrogens (tertiary/aromatic N) is 1. The van der Waals surface area contributed by atoms with E-state index >= 15 is 0 Å². The van der Waals surface area contributed by atoms with E-state index < -0.39 is 0 Å². The molecule has 0 aliphatic carbocycles. The lowest BCUT2D eigenvalue weighted by molar-refractivity contribution is 0.00629. The SMILES string of the molecule is CCCCC(CC)COC(c1ccccn1)C(N)CC. The molecule has 0 aliphatic rings. The smallest absolute Gasteiger partial charge is 0.114 e. The summed E-state index contributed by atoms with van der Waals surface area (Å²) in [5.74, 6) is 0.630. The van der Waals surface area contributed by atoms with Crippen molar-refractivity contribution >= 4 is 0 Å². The van der Waals surface area contributed by atoms with Crippen molar-refractivity contribution in [2.75, 3.05) is 6.61 Å². The number of ether oxygens (including phenoxy) is 1. The summed E-state index contributed by atoms with van der Waals surface area (Å²) >= 11 is 0. The van der Waals surface area contributed by atoms with E-state index in [2.05, 4.69) is 25.8 Å². The molecule has 114 valence electrons. The lowest BCUT2D eigenvalue weighted by Crippen LogP contribution is -2.31. The maximum atomic E-state index is 6.21. The summed E-state index contributed by atoms with van der Waals surface area (Å²) < 4.78 is 6.14. The highest BCUT2D eigenvalue weighted by Gasteiger charge is 2.21. The molecule has 0 radical (unpaired) electrons. The summed E-state index contributed by atoms with van der Waals surface area (Å²) in [6, 6.07) is 5.94. The van der Waals surface area contributed by atoms with Gasteiger partial charge in [0, 0.05) is 12.2 Å². The lowest BCUT2D eigenvalue weighted by atomic mass is 10.00. The Balaban J connectivity index is 2.61. The van der Waals surface area contributed by atoms with Crippen LogP contribution in [0.5, 0.6) is 0 Å². The van der Waals surface area contributed by atoms with Crippen LogP contribution in [0.15, 0.2) is 24.4 Å². The molecular formula is C17H30N2O. The Morgan fingerprint density at radius 3 is 2.55 bits per heavy atom. The van der Waals surface area contributed by atoms with Crippen molar-refractivity contribution in [2.45, 2.75) is 65.0 Å². The van der Waals surface area contributed by atoms with Crippen LogP contribution in [0.3, 0.4) is 0 Å². The largest absolute Gasteiger partial charge is 0.370 e. The summed E-state index contributed by atoms with van der Waals surface area (Å²) in [4.78, 5) is 4.41. The van der Waals surface area contributed by atoms with Gasteiger partial charge in [0.25, 0.3) is 0 Å². The fourth-order valence-corrected chi connectivity index (χ4v) is 2.32. The fraction of sp³-hybridized carbons (Fsp3) is 0.706. The van der Waals surface area contributed by atoms with Crippen LogP contribution in [-0.4, -0.2) is 17.6 Å². The van der Waals surface area contributed by atoms with Crippen LogP contribution in [0.4, 0.5) is 0 Å². The summed E-state index contributed by atoms with van der Waals surface area (Å²) in [6.07, 6.45) is 7.54. The molecule has 0 saturated heterocycles. The monoisotopic (exact) mass is 278 g/mol. The Morgan fingerprint density at radius 1 is 1.20 bits per heavy atom. The van der Waals surface area contributed by atoms with Gasteiger partial charge < -0.3 is 10.5 Å². The van der Waals surface area contributed by atoms with Gasteiger partial charge in [-0.25, -0.2) is 0 Å². The quantitative estimate of drug-likeness (QED) is 0.701. The molecule has 1 aromatic heterocycles. The first-order chi connectivity index (χ1) is 9.72. The molecular weight excluding hydrogens is 248 g/mol. The Hall–Kier alpha value is -0.930. The van der Waals surface area contributed by atoms with E-state index in [-0.39, 0.29) is 12.1 Å². The van der Waals surface area contributed by atoms with E-state index in [0.717, 1.165) is 25.1 Å². The van der Waals surface area contributed by atoms with Crippen molar-refractivity contribution < 1.29 is 4.74 Å². The number of nitrogens with two attached hydrogens (primary N) is 1. The number of hydrogen-bond acceptors (Lipinski definition) is 3. The predicted octanol–water partition coefficient (Wildman–Crippen LogP) is 4.09. The highest BCUT2D eigenvalue weighted by molar-refractivity contribution is 5.09. The first-order valence-corrected chi connectivity index (χ1v) is 8.00. The van der Waals surface area contributed by atoms with E-state index in [4.69, 9.17) is 10.5 Å². The minimum atomic E-state index is -0.0862. The molecule has 0 fully saturated rings. The molecule has 0 aliphatic heterocycles. The third-order valence-electron chi connectivity index (χ3n) is 3.89. The van der Waals surface area contributed by atoms with Gasteiger partial charge in [0.1, 0.15) is 6.10 Å². The van der Waals surface area contributed by atoms with E-state index in [1.165, 1.54) is 19.3 Å². The number of unbranched alkanes of at least 4 members (excludes halogenated alkanes) is 1. The van der Waals surface area contributed by atoms with E-state index in [1.54, 1.807) is 0 Å². The zero-order chi connectivity index (χ0) is 14.8. The van der Waals surface area contributed by atoms with Gasteiger partial charge in [-0.05, 0) is 30.9 Å². The third-order valence-corrected chi connectivity index (χ3v) is 3.89. The van der Waals surface area contributed by atoms with Crippen LogP contribution in [0.2, 0.25) is 0 Å². The second kappa shape index (κ2) is 9.89. The molecule has 0 bridgehead atoms. The number of hydrogen-bond donors (Lipinski definition) is 1. The topological polar surface area (TPSA) is 48.1 Å². The Labute approximate surface area is 123 Å². The zero-order valence-electron chi connectivity index (χ0n) is 13.2. The molecule has 0 saturated carbocycles. The van der Waals surface area contributed by atoms with Crippen molar-refractivity contribution in [3.8, 4) is 0 Å². The van der Waals surface area contributed by atoms with E-state index in [9.17, 15) is 0 Å². The van der Waals surface area contributed by atoms with Crippen molar-refractivity contribution in [3.63, 3.8) is 0 Å². The molecule has 3 nitrogen and oxygen atoms in total. The molecule has 3 atom stereocenters. The summed E-state index contributed by atoms with van der Waals surface area (Å²) in [5, 5.41) is 0. The molecule has 0 amide bonds. The van der Waals surface area contributed by atoms with Crippen LogP contribution in [0.25, 0.3) is 0 Å². The number of aromatic nitrogens is 1. The van der Waals surface area contributed by atoms with Gasteiger partial charge in [-0.2, -0.15) is 0 Å². The first kappa shape index (κ1) is 17.1. The summed E-state index contributed by atoms with van der Waals surface area (Å²) in [6.45, 7) is 7.35. The standard InChI is InChI=1S/C17H30N2O/c1-4-7-10-14(5-2)13-20-17(15(18)6-3)16-11-8-9-12-19-16/h8-9,11-12,14-15,17H,4-7,10,13,18H2,1-3H3. The molecule has 0 aromatic carbocycles. The average molecular weight is 278 g/mol. The van der Waals surface area contributed by atoms with E-state index in [1.807, 2.05) is 24.4 Å². The number of rotatable bonds is 10. The van der Waals surface area contributed by atoms with Gasteiger partial charge in [0.05, 0.1) is 12.3 Å². The molecule has 3 heteroatoms. The third kappa shape index (κ3) is 5.59. The normalized spacial score (nSPS) is 15.8. The van der Waals surface area contributed by atoms with Gasteiger partial charge >= 0.3 is 0 Å². The molecule has 2 N–H and O–H groups in total. The van der Waals surface area contributed by atoms with Gasteiger partial charge in [-0.15, -0.1) is 0 Å². The molecule has 1 aromatic rings. The molecule has 0 spiro atoms. The molecule has 3 unspecified atom stereocenters. The Kier molecular flexibility index (Phi) is 8.47. The van der Waals surface area contributed by atoms with Gasteiger partial charge in [0.15, 0.2) is 0 Å². The zero-order valence-corrected chi connectivity index (χ0v) is 13.2. The number of pyridine rings is 1. The maximum absolute atomic E-state index is 6.21. The summed E-state index contributed by atoms with van der Waals surface area (Å²) in [5.41, 5.74) is 7.16. The minimum absolute atomic E-state index is 0.00795. The first-order valence-electron chi connectivity index (χ1n) is 8.00. The van der Waals surface area contributed by atoms with E-state index in [0.29, 0.717) is 5.92 Å². The second-order valence-corrected chi connectivity index (χ2v) is 5.50. The van der Waals surface area contributed by atoms with Crippen LogP contribution >= 0.6 is 0 Å². The lowest BCUT2D eigenvalue weighted by Gasteiger charge is -2.25. The van der Waals surface area contributed by atoms with Crippen molar-refractivity contribution in [2.24, 2.45) is 11.7 Å². The fourth-order valence-electron chi connectivity index (χ4n) is 2.32. The van der Waals surface area contributed by atoms with Crippen LogP contribution < -0.4 is 5.73 Å². The predicted molar refractivity (Wildman–Crippen MR) is 84.5 cm³/mol. The Bertz CT molecular complexity index is 342. The van der Waals surface area contributed by atoms with Gasteiger partial charge in [0.2, 0.25) is 0 Å². The van der Waals surface area contributed by atoms with Crippen molar-refractivity contribution in [1.82, 2.24) is 4.98 Å². The van der Waals surface area contributed by atoms with Crippen LogP contribution in [0.1, 0.15) is 64.7 Å². The van der Waals surface area contributed by atoms with Crippen LogP contribution in [-0.2, 0) is 4.74 Å². The van der Waals surface area contributed by atoms with Crippen LogP contribution in [0, 0.1) is 5.92 Å². The second-order valence-electron chi connectivity index (χ2n) is 5.50. The van der Waals surface area contributed by atoms with Crippen molar-refractivity contribution in [3.05, 3.63) is 30.1 Å². The molecule has 1 rings (SSSR count). The minimum Gasteiger partial charge on any atom is -0.370 e.